The van der Waals surface area contributed by atoms with Crippen molar-refractivity contribution < 1.29 is 19.1 Å². The molecule has 0 unspecified atom stereocenters. The van der Waals surface area contributed by atoms with Gasteiger partial charge in [-0.3, -0.25) is 9.59 Å². The average Bonchev–Trinajstić information content (AvgIpc) is 3.04. The summed E-state index contributed by atoms with van der Waals surface area (Å²) in [6.07, 6.45) is 0.178. The molecule has 0 saturated carbocycles. The molecule has 0 bridgehead atoms. The van der Waals surface area contributed by atoms with Gasteiger partial charge in [0.05, 0.1) is 20.1 Å². The van der Waals surface area contributed by atoms with Crippen LogP contribution in [0.1, 0.15) is 12.0 Å². The molecule has 1 heterocycles. The van der Waals surface area contributed by atoms with Crippen molar-refractivity contribution in [2.75, 3.05) is 26.1 Å². The maximum absolute atomic E-state index is 12.6. The molecule has 0 aromatic heterocycles. The van der Waals surface area contributed by atoms with Gasteiger partial charge < -0.3 is 19.7 Å². The van der Waals surface area contributed by atoms with E-state index in [4.69, 9.17) is 21.1 Å². The number of carbonyl (C=O) groups excluding carboxylic acids is 2. The molecule has 3 rings (SSSR count). The summed E-state index contributed by atoms with van der Waals surface area (Å²) >= 11 is 6.17. The van der Waals surface area contributed by atoms with E-state index in [0.29, 0.717) is 35.3 Å². The molecular weight excluding hydrogens is 368 g/mol. The monoisotopic (exact) mass is 388 g/mol. The minimum absolute atomic E-state index is 0.0571. The molecule has 2 amide bonds. The molecule has 2 aromatic carbocycles. The molecule has 7 heteroatoms. The number of benzene rings is 2. The van der Waals surface area contributed by atoms with E-state index < -0.39 is 5.92 Å². The highest BCUT2D eigenvalue weighted by atomic mass is 35.5. The van der Waals surface area contributed by atoms with E-state index in [0.717, 1.165) is 5.56 Å². The molecule has 6 nitrogen and oxygen atoms in total. The second-order valence-electron chi connectivity index (χ2n) is 6.36. The third kappa shape index (κ3) is 4.52. The summed E-state index contributed by atoms with van der Waals surface area (Å²) in [5, 5.41) is 3.46. The molecule has 1 saturated heterocycles. The zero-order valence-corrected chi connectivity index (χ0v) is 16.0. The second kappa shape index (κ2) is 8.31. The van der Waals surface area contributed by atoms with Crippen LogP contribution >= 0.6 is 11.6 Å². The van der Waals surface area contributed by atoms with E-state index in [2.05, 4.69) is 5.32 Å². The average molecular weight is 389 g/mol. The number of ether oxygens (including phenoxy) is 2. The van der Waals surface area contributed by atoms with Crippen molar-refractivity contribution in [1.82, 2.24) is 4.90 Å². The van der Waals surface area contributed by atoms with E-state index in [-0.39, 0.29) is 18.2 Å². The van der Waals surface area contributed by atoms with Gasteiger partial charge in [0.15, 0.2) is 0 Å². The zero-order chi connectivity index (χ0) is 19.4. The molecule has 0 radical (unpaired) electrons. The Bertz CT molecular complexity index is 833. The van der Waals surface area contributed by atoms with Gasteiger partial charge in [-0.05, 0) is 11.6 Å². The first-order valence-electron chi connectivity index (χ1n) is 8.55. The van der Waals surface area contributed by atoms with Crippen molar-refractivity contribution >= 4 is 29.1 Å². The summed E-state index contributed by atoms with van der Waals surface area (Å²) in [7, 11) is 3.09. The third-order valence-electron chi connectivity index (χ3n) is 4.52. The van der Waals surface area contributed by atoms with Gasteiger partial charge >= 0.3 is 0 Å². The van der Waals surface area contributed by atoms with Crippen LogP contribution in [0.25, 0.3) is 0 Å². The predicted octanol–water partition coefficient (Wildman–Crippen LogP) is 3.34. The minimum Gasteiger partial charge on any atom is -0.497 e. The quantitative estimate of drug-likeness (QED) is 0.824. The van der Waals surface area contributed by atoms with Gasteiger partial charge in [0.25, 0.3) is 0 Å². The van der Waals surface area contributed by atoms with Gasteiger partial charge in [0, 0.05) is 48.4 Å². The van der Waals surface area contributed by atoms with Crippen molar-refractivity contribution in [3.63, 3.8) is 0 Å². The van der Waals surface area contributed by atoms with Crippen LogP contribution in [0.2, 0.25) is 5.02 Å². The Morgan fingerprint density at radius 2 is 1.85 bits per heavy atom. The SMILES string of the molecule is COc1cc(NC(=O)[C@@H]2CC(=O)N(Cc3ccccc3Cl)C2)cc(OC)c1. The van der Waals surface area contributed by atoms with Crippen LogP contribution < -0.4 is 14.8 Å². The Kier molecular flexibility index (Phi) is 5.86. The fourth-order valence-corrected chi connectivity index (χ4v) is 3.25. The second-order valence-corrected chi connectivity index (χ2v) is 6.76. The number of halogens is 1. The van der Waals surface area contributed by atoms with Gasteiger partial charge in [-0.1, -0.05) is 29.8 Å². The van der Waals surface area contributed by atoms with Crippen LogP contribution in [0.4, 0.5) is 5.69 Å². The maximum atomic E-state index is 12.6. The summed E-state index contributed by atoms with van der Waals surface area (Å²) in [6, 6.07) is 12.5. The van der Waals surface area contributed by atoms with Crippen molar-refractivity contribution in [3.8, 4) is 11.5 Å². The number of anilines is 1. The summed E-state index contributed by atoms with van der Waals surface area (Å²) in [6.45, 7) is 0.756. The molecule has 1 atom stereocenters. The lowest BCUT2D eigenvalue weighted by Crippen LogP contribution is -2.28. The number of methoxy groups -OCH3 is 2. The molecule has 0 aliphatic carbocycles. The van der Waals surface area contributed by atoms with Crippen LogP contribution in [0.5, 0.6) is 11.5 Å². The summed E-state index contributed by atoms with van der Waals surface area (Å²) in [4.78, 5) is 26.6. The van der Waals surface area contributed by atoms with Crippen LogP contribution in [0.3, 0.4) is 0 Å². The molecule has 2 aromatic rings. The summed E-state index contributed by atoms with van der Waals surface area (Å²) < 4.78 is 10.4. The minimum atomic E-state index is -0.419. The standard InChI is InChI=1S/C20H21ClN2O4/c1-26-16-8-15(9-17(10-16)27-2)22-20(25)14-7-19(24)23(12-14)11-13-5-3-4-6-18(13)21/h3-6,8-10,14H,7,11-12H2,1-2H3,(H,22,25)/t14-/m1/s1. The van der Waals surface area contributed by atoms with Crippen molar-refractivity contribution in [1.29, 1.82) is 0 Å². The highest BCUT2D eigenvalue weighted by molar-refractivity contribution is 6.31. The third-order valence-corrected chi connectivity index (χ3v) is 4.89. The van der Waals surface area contributed by atoms with Crippen LogP contribution in [0.15, 0.2) is 42.5 Å². The number of rotatable bonds is 6. The molecule has 1 fully saturated rings. The smallest absolute Gasteiger partial charge is 0.229 e. The van der Waals surface area contributed by atoms with Crippen LogP contribution in [-0.2, 0) is 16.1 Å². The fraction of sp³-hybridized carbons (Fsp3) is 0.300. The Balaban J connectivity index is 1.66. The number of hydrogen-bond acceptors (Lipinski definition) is 4. The Labute approximate surface area is 163 Å². The molecule has 1 N–H and O–H groups in total. The first-order valence-corrected chi connectivity index (χ1v) is 8.93. The van der Waals surface area contributed by atoms with Crippen LogP contribution in [-0.4, -0.2) is 37.5 Å². The molecule has 0 spiro atoms. The number of nitrogens with zero attached hydrogens (tertiary/aromatic N) is 1. The van der Waals surface area contributed by atoms with Crippen molar-refractivity contribution in [2.24, 2.45) is 5.92 Å². The molecular formula is C20H21ClN2O4. The number of amides is 2. The lowest BCUT2D eigenvalue weighted by atomic mass is 10.1. The van der Waals surface area contributed by atoms with Crippen LogP contribution in [0, 0.1) is 5.92 Å². The van der Waals surface area contributed by atoms with Crippen molar-refractivity contribution in [2.45, 2.75) is 13.0 Å². The van der Waals surface area contributed by atoms with E-state index in [9.17, 15) is 9.59 Å². The largest absolute Gasteiger partial charge is 0.497 e. The topological polar surface area (TPSA) is 67.9 Å². The van der Waals surface area contributed by atoms with E-state index in [1.807, 2.05) is 18.2 Å². The fourth-order valence-electron chi connectivity index (χ4n) is 3.06. The van der Waals surface area contributed by atoms with E-state index in [1.165, 1.54) is 0 Å². The van der Waals surface area contributed by atoms with Gasteiger partial charge in [-0.2, -0.15) is 0 Å². The number of hydrogen-bond donors (Lipinski definition) is 1. The number of nitrogens with one attached hydrogen (secondary N) is 1. The first kappa shape index (κ1) is 19.0. The highest BCUT2D eigenvalue weighted by Crippen LogP contribution is 2.28. The Hall–Kier alpha value is -2.73. The van der Waals surface area contributed by atoms with Gasteiger partial charge in [0.1, 0.15) is 11.5 Å². The molecule has 1 aliphatic heterocycles. The highest BCUT2D eigenvalue weighted by Gasteiger charge is 2.34. The number of likely N-dealkylation sites (tertiary alicyclic amines) is 1. The number of carbonyl (C=O) groups is 2. The first-order chi connectivity index (χ1) is 13.0. The van der Waals surface area contributed by atoms with Gasteiger partial charge in [-0.15, -0.1) is 0 Å². The maximum Gasteiger partial charge on any atom is 0.229 e. The normalized spacial score (nSPS) is 16.3. The molecule has 1 aliphatic rings. The molecule has 27 heavy (non-hydrogen) atoms. The zero-order valence-electron chi connectivity index (χ0n) is 15.2. The lowest BCUT2D eigenvalue weighted by molar-refractivity contribution is -0.128. The Morgan fingerprint density at radius 1 is 1.19 bits per heavy atom. The predicted molar refractivity (Wildman–Crippen MR) is 103 cm³/mol. The lowest BCUT2D eigenvalue weighted by Gasteiger charge is -2.17. The van der Waals surface area contributed by atoms with E-state index in [1.54, 1.807) is 43.4 Å². The van der Waals surface area contributed by atoms with Gasteiger partial charge in [0.2, 0.25) is 11.8 Å². The summed E-state index contributed by atoms with van der Waals surface area (Å²) in [5.74, 6) is 0.468. The van der Waals surface area contributed by atoms with Crippen molar-refractivity contribution in [3.05, 3.63) is 53.1 Å². The summed E-state index contributed by atoms with van der Waals surface area (Å²) in [5.41, 5.74) is 1.43. The molecule has 142 valence electrons. The van der Waals surface area contributed by atoms with Gasteiger partial charge in [-0.25, -0.2) is 0 Å². The van der Waals surface area contributed by atoms with E-state index >= 15 is 0 Å². The Morgan fingerprint density at radius 3 is 2.48 bits per heavy atom.